The average molecular weight is 285 g/mol. The molecule has 2 rings (SSSR count). The predicted molar refractivity (Wildman–Crippen MR) is 60.6 cm³/mol. The molecular weight excluding hydrogens is 276 g/mol. The molecule has 0 bridgehead atoms. The third-order valence-corrected chi connectivity index (χ3v) is 2.15. The lowest BCUT2D eigenvalue weighted by Crippen LogP contribution is -2.09. The van der Waals surface area contributed by atoms with Crippen molar-refractivity contribution in [3.05, 3.63) is 22.9 Å². The van der Waals surface area contributed by atoms with Crippen molar-refractivity contribution in [3.8, 4) is 0 Å². The van der Waals surface area contributed by atoms with Crippen LogP contribution in [0, 0.1) is 0 Å². The Morgan fingerprint density at radius 1 is 1.44 bits per heavy atom. The number of anilines is 2. The van der Waals surface area contributed by atoms with Crippen molar-refractivity contribution in [2.45, 2.75) is 6.42 Å². The van der Waals surface area contributed by atoms with Crippen molar-refractivity contribution in [1.82, 2.24) is 20.1 Å². The molecule has 0 saturated heterocycles. The molecule has 8 heteroatoms. The number of halogens is 1. The van der Waals surface area contributed by atoms with Gasteiger partial charge < -0.3 is 15.6 Å². The van der Waals surface area contributed by atoms with Crippen LogP contribution in [0.4, 0.5) is 11.8 Å². The maximum atomic E-state index is 5.56. The molecular formula is C8H9BrN6O. The lowest BCUT2D eigenvalue weighted by atomic mass is 10.4. The summed E-state index contributed by atoms with van der Waals surface area (Å²) in [5, 5.41) is 6.51. The first kappa shape index (κ1) is 10.8. The molecule has 3 N–H and O–H groups in total. The lowest BCUT2D eigenvalue weighted by Gasteiger charge is -2.03. The highest BCUT2D eigenvalue weighted by Gasteiger charge is 2.02. The van der Waals surface area contributed by atoms with E-state index < -0.39 is 0 Å². The maximum absolute atomic E-state index is 5.56. The summed E-state index contributed by atoms with van der Waals surface area (Å²) in [7, 11) is 0. The molecule has 0 aromatic carbocycles. The van der Waals surface area contributed by atoms with Crippen LogP contribution in [0.2, 0.25) is 0 Å². The predicted octanol–water partition coefficient (Wildman–Crippen LogP) is 0.859. The van der Waals surface area contributed by atoms with Crippen molar-refractivity contribution in [1.29, 1.82) is 0 Å². The van der Waals surface area contributed by atoms with Crippen LogP contribution >= 0.6 is 15.9 Å². The Kier molecular flexibility index (Phi) is 3.30. The van der Waals surface area contributed by atoms with Gasteiger partial charge in [-0.25, -0.2) is 4.98 Å². The van der Waals surface area contributed by atoms with Gasteiger partial charge in [-0.15, -0.1) is 0 Å². The fourth-order valence-electron chi connectivity index (χ4n) is 1.10. The first-order valence-electron chi connectivity index (χ1n) is 4.53. The van der Waals surface area contributed by atoms with E-state index in [1.807, 2.05) is 0 Å². The molecule has 0 unspecified atom stereocenters. The second kappa shape index (κ2) is 4.88. The zero-order chi connectivity index (χ0) is 11.4. The SMILES string of the molecule is Nc1cc(Br)nc(NCCc2ncno2)n1. The molecule has 0 fully saturated rings. The van der Waals surface area contributed by atoms with Crippen LogP contribution < -0.4 is 11.1 Å². The number of nitrogens with one attached hydrogen (secondary N) is 1. The van der Waals surface area contributed by atoms with Gasteiger partial charge in [-0.05, 0) is 15.9 Å². The molecule has 0 spiro atoms. The average Bonchev–Trinajstić information content (AvgIpc) is 2.69. The van der Waals surface area contributed by atoms with Gasteiger partial charge in [-0.1, -0.05) is 5.16 Å². The number of nitrogens with two attached hydrogens (primary N) is 1. The maximum Gasteiger partial charge on any atom is 0.228 e. The third kappa shape index (κ3) is 2.89. The molecule has 2 heterocycles. The van der Waals surface area contributed by atoms with E-state index in [4.69, 9.17) is 10.3 Å². The van der Waals surface area contributed by atoms with Crippen molar-refractivity contribution in [2.75, 3.05) is 17.6 Å². The largest absolute Gasteiger partial charge is 0.383 e. The van der Waals surface area contributed by atoms with E-state index in [9.17, 15) is 0 Å². The standard InChI is InChI=1S/C8H9BrN6O/c9-5-3-6(10)15-8(14-5)11-2-1-7-12-4-13-16-7/h3-4H,1-2H2,(H3,10,11,14,15). The molecule has 16 heavy (non-hydrogen) atoms. The molecule has 0 aliphatic rings. The molecule has 0 aliphatic carbocycles. The van der Waals surface area contributed by atoms with Gasteiger partial charge in [0, 0.05) is 19.0 Å². The number of aromatic nitrogens is 4. The Labute approximate surface area is 99.6 Å². The highest BCUT2D eigenvalue weighted by Crippen LogP contribution is 2.12. The van der Waals surface area contributed by atoms with Crippen LogP contribution in [0.3, 0.4) is 0 Å². The van der Waals surface area contributed by atoms with E-state index >= 15 is 0 Å². The summed E-state index contributed by atoms with van der Waals surface area (Å²) in [5.41, 5.74) is 5.56. The molecule has 84 valence electrons. The van der Waals surface area contributed by atoms with Gasteiger partial charge in [0.1, 0.15) is 10.4 Å². The van der Waals surface area contributed by atoms with Crippen molar-refractivity contribution in [2.24, 2.45) is 0 Å². The normalized spacial score (nSPS) is 10.3. The van der Waals surface area contributed by atoms with Crippen LogP contribution in [0.5, 0.6) is 0 Å². The number of nitrogens with zero attached hydrogens (tertiary/aromatic N) is 4. The van der Waals surface area contributed by atoms with E-state index in [2.05, 4.69) is 41.4 Å². The van der Waals surface area contributed by atoms with Gasteiger partial charge in [-0.2, -0.15) is 9.97 Å². The fourth-order valence-corrected chi connectivity index (χ4v) is 1.50. The minimum atomic E-state index is 0.405. The van der Waals surface area contributed by atoms with E-state index in [0.717, 1.165) is 0 Å². The molecule has 2 aromatic rings. The van der Waals surface area contributed by atoms with Crippen LogP contribution in [0.15, 0.2) is 21.5 Å². The number of hydrogen-bond donors (Lipinski definition) is 2. The van der Waals surface area contributed by atoms with Gasteiger partial charge >= 0.3 is 0 Å². The summed E-state index contributed by atoms with van der Waals surface area (Å²) >= 11 is 3.23. The fraction of sp³-hybridized carbons (Fsp3) is 0.250. The number of rotatable bonds is 4. The van der Waals surface area contributed by atoms with E-state index in [1.165, 1.54) is 6.33 Å². The van der Waals surface area contributed by atoms with Gasteiger partial charge in [0.15, 0.2) is 6.33 Å². The minimum absolute atomic E-state index is 0.405. The summed E-state index contributed by atoms with van der Waals surface area (Å²) in [6.45, 7) is 0.595. The minimum Gasteiger partial charge on any atom is -0.383 e. The quantitative estimate of drug-likeness (QED) is 0.803. The molecule has 0 radical (unpaired) electrons. The van der Waals surface area contributed by atoms with E-state index in [-0.39, 0.29) is 0 Å². The highest BCUT2D eigenvalue weighted by molar-refractivity contribution is 9.10. The highest BCUT2D eigenvalue weighted by atomic mass is 79.9. The Morgan fingerprint density at radius 2 is 2.31 bits per heavy atom. The van der Waals surface area contributed by atoms with Crippen LogP contribution in [0.1, 0.15) is 5.89 Å². The van der Waals surface area contributed by atoms with Crippen molar-refractivity contribution in [3.63, 3.8) is 0 Å². The van der Waals surface area contributed by atoms with Crippen molar-refractivity contribution >= 4 is 27.7 Å². The third-order valence-electron chi connectivity index (χ3n) is 1.74. The second-order valence-corrected chi connectivity index (χ2v) is 3.76. The first-order chi connectivity index (χ1) is 7.74. The smallest absolute Gasteiger partial charge is 0.228 e. The molecule has 2 aromatic heterocycles. The van der Waals surface area contributed by atoms with Gasteiger partial charge in [0.2, 0.25) is 11.8 Å². The Bertz CT molecular complexity index is 439. The Hall–Kier alpha value is -1.70. The molecule has 7 nitrogen and oxygen atoms in total. The Morgan fingerprint density at radius 3 is 3.00 bits per heavy atom. The summed E-state index contributed by atoms with van der Waals surface area (Å²) in [6.07, 6.45) is 1.97. The van der Waals surface area contributed by atoms with E-state index in [1.54, 1.807) is 6.07 Å². The topological polar surface area (TPSA) is 103 Å². The van der Waals surface area contributed by atoms with Crippen LogP contribution in [0.25, 0.3) is 0 Å². The van der Waals surface area contributed by atoms with Gasteiger partial charge in [-0.3, -0.25) is 0 Å². The second-order valence-electron chi connectivity index (χ2n) is 2.95. The summed E-state index contributed by atoms with van der Waals surface area (Å²) in [4.78, 5) is 12.0. The van der Waals surface area contributed by atoms with Gasteiger partial charge in [0.25, 0.3) is 0 Å². The monoisotopic (exact) mass is 284 g/mol. The zero-order valence-electron chi connectivity index (χ0n) is 8.22. The van der Waals surface area contributed by atoms with Crippen molar-refractivity contribution < 1.29 is 4.52 Å². The Balaban J connectivity index is 1.89. The number of hydrogen-bond acceptors (Lipinski definition) is 7. The first-order valence-corrected chi connectivity index (χ1v) is 5.33. The van der Waals surface area contributed by atoms with E-state index in [0.29, 0.717) is 35.2 Å². The van der Waals surface area contributed by atoms with Crippen LogP contribution in [-0.2, 0) is 6.42 Å². The number of nitrogen functional groups attached to an aromatic ring is 1. The summed E-state index contributed by atoms with van der Waals surface area (Å²) in [5.74, 6) is 1.43. The van der Waals surface area contributed by atoms with Gasteiger partial charge in [0.05, 0.1) is 0 Å². The molecule has 0 atom stereocenters. The molecule has 0 aliphatic heterocycles. The molecule has 0 amide bonds. The molecule has 0 saturated carbocycles. The summed E-state index contributed by atoms with van der Waals surface area (Å²) in [6, 6.07) is 1.63. The summed E-state index contributed by atoms with van der Waals surface area (Å²) < 4.78 is 5.48. The van der Waals surface area contributed by atoms with Crippen LogP contribution in [-0.4, -0.2) is 26.7 Å². The lowest BCUT2D eigenvalue weighted by molar-refractivity contribution is 0.379. The zero-order valence-corrected chi connectivity index (χ0v) is 9.81.